The van der Waals surface area contributed by atoms with Crippen LogP contribution in [0.25, 0.3) is 22.1 Å². The Morgan fingerprint density at radius 1 is 0.600 bits per heavy atom. The lowest BCUT2D eigenvalue weighted by molar-refractivity contribution is 0.0645. The second-order valence-corrected chi connectivity index (χ2v) is 18.2. The van der Waals surface area contributed by atoms with Gasteiger partial charge in [0.15, 0.2) is 0 Å². The zero-order valence-electron chi connectivity index (χ0n) is 32.4. The van der Waals surface area contributed by atoms with Crippen LogP contribution >= 0.6 is 0 Å². The molecule has 316 valence electrons. The van der Waals surface area contributed by atoms with Crippen molar-refractivity contribution in [1.29, 1.82) is 0 Å². The van der Waals surface area contributed by atoms with Crippen LogP contribution < -0.4 is 20.9 Å². The molecule has 0 spiro atoms. The zero-order valence-corrected chi connectivity index (χ0v) is 34.0. The monoisotopic (exact) mass is 858 g/mol. The van der Waals surface area contributed by atoms with Crippen LogP contribution in [0.15, 0.2) is 85.7 Å². The first-order valence-corrected chi connectivity index (χ1v) is 22.8. The fourth-order valence-electron chi connectivity index (χ4n) is 9.42. The van der Waals surface area contributed by atoms with Crippen LogP contribution in [-0.4, -0.2) is 80.5 Å². The van der Waals surface area contributed by atoms with Crippen molar-refractivity contribution in [2.45, 2.75) is 99.9 Å². The molecule has 4 aliphatic rings. The summed E-state index contributed by atoms with van der Waals surface area (Å²) in [5, 5.41) is 39.3. The van der Waals surface area contributed by atoms with Crippen LogP contribution in [0.1, 0.15) is 84.9 Å². The van der Waals surface area contributed by atoms with Crippen molar-refractivity contribution >= 4 is 54.3 Å². The SMILES string of the molecule is NS(=O)(=O)O[C@@H]1C[C@@H](n2ccc3c(N[C@H]4CCc5ccccc54)ncnc32)C[C@@H]1O.NS(=O)(=O)O[C@H]1C[C@H](n2ccc3c(N[C@H]4CCc5ccccc54)ncnc32)C[C@H]1O. The Kier molecular flexibility index (Phi) is 10.8. The lowest BCUT2D eigenvalue weighted by Gasteiger charge is -2.16. The zero-order chi connectivity index (χ0) is 41.8. The van der Waals surface area contributed by atoms with Gasteiger partial charge in [-0.1, -0.05) is 48.5 Å². The van der Waals surface area contributed by atoms with E-state index in [0.29, 0.717) is 25.7 Å². The molecule has 0 aliphatic heterocycles. The first-order valence-electron chi connectivity index (χ1n) is 19.9. The molecule has 20 heteroatoms. The third-order valence-corrected chi connectivity index (χ3v) is 13.1. The number of rotatable bonds is 10. The number of aliphatic hydroxyl groups is 2. The number of nitrogens with one attached hydrogen (secondary N) is 2. The number of nitrogens with zero attached hydrogens (tertiary/aromatic N) is 6. The number of aliphatic hydroxyl groups excluding tert-OH is 2. The van der Waals surface area contributed by atoms with Gasteiger partial charge in [0, 0.05) is 24.5 Å². The van der Waals surface area contributed by atoms with E-state index in [9.17, 15) is 27.0 Å². The minimum Gasteiger partial charge on any atom is -0.390 e. The highest BCUT2D eigenvalue weighted by molar-refractivity contribution is 7.84. The van der Waals surface area contributed by atoms with Crippen molar-refractivity contribution < 1.29 is 35.4 Å². The van der Waals surface area contributed by atoms with Crippen molar-refractivity contribution in [2.75, 3.05) is 10.6 Å². The molecule has 0 saturated heterocycles. The third-order valence-electron chi connectivity index (χ3n) is 12.1. The Hall–Kier alpha value is -5.06. The van der Waals surface area contributed by atoms with Crippen molar-refractivity contribution in [2.24, 2.45) is 10.3 Å². The Morgan fingerprint density at radius 3 is 1.43 bits per heavy atom. The molecule has 60 heavy (non-hydrogen) atoms. The van der Waals surface area contributed by atoms with E-state index < -0.39 is 45.0 Å². The van der Waals surface area contributed by atoms with E-state index in [4.69, 9.17) is 18.6 Å². The molecule has 2 saturated carbocycles. The summed E-state index contributed by atoms with van der Waals surface area (Å²) in [5.74, 6) is 1.52. The molecule has 4 aromatic heterocycles. The Bertz CT molecular complexity index is 2580. The predicted octanol–water partition coefficient (Wildman–Crippen LogP) is 3.63. The van der Waals surface area contributed by atoms with Gasteiger partial charge < -0.3 is 30.0 Å². The van der Waals surface area contributed by atoms with Gasteiger partial charge in [-0.2, -0.15) is 16.8 Å². The number of hydrogen-bond acceptors (Lipinski definition) is 14. The van der Waals surface area contributed by atoms with Gasteiger partial charge in [-0.3, -0.25) is 8.37 Å². The van der Waals surface area contributed by atoms with E-state index in [0.717, 1.165) is 59.4 Å². The second-order valence-electron chi connectivity index (χ2n) is 15.9. The number of aryl methyl sites for hydroxylation is 2. The summed E-state index contributed by atoms with van der Waals surface area (Å²) >= 11 is 0. The smallest absolute Gasteiger partial charge is 0.333 e. The maximum absolute atomic E-state index is 11.2. The summed E-state index contributed by atoms with van der Waals surface area (Å²) < 4.78 is 58.5. The highest BCUT2D eigenvalue weighted by atomic mass is 32.2. The van der Waals surface area contributed by atoms with Crippen molar-refractivity contribution in [3.8, 4) is 0 Å². The molecule has 18 nitrogen and oxygen atoms in total. The number of anilines is 2. The van der Waals surface area contributed by atoms with E-state index in [1.165, 1.54) is 34.9 Å². The minimum atomic E-state index is -4.12. The molecule has 0 unspecified atom stereocenters. The molecule has 8 atom stereocenters. The molecule has 6 aromatic rings. The normalized spacial score (nSPS) is 26.2. The molecule has 10 rings (SSSR count). The number of nitrogens with two attached hydrogens (primary N) is 2. The lowest BCUT2D eigenvalue weighted by Crippen LogP contribution is -2.29. The molecule has 8 N–H and O–H groups in total. The topological polar surface area (TPSA) is 265 Å². The van der Waals surface area contributed by atoms with E-state index in [2.05, 4.69) is 79.1 Å². The van der Waals surface area contributed by atoms with Crippen molar-refractivity contribution in [3.63, 3.8) is 0 Å². The predicted molar refractivity (Wildman–Crippen MR) is 222 cm³/mol. The number of fused-ring (bicyclic) bond motifs is 4. The summed E-state index contributed by atoms with van der Waals surface area (Å²) in [6.07, 6.45) is 8.70. The molecule has 4 aliphatic carbocycles. The number of aromatic nitrogens is 6. The van der Waals surface area contributed by atoms with Crippen LogP contribution in [0.3, 0.4) is 0 Å². The highest BCUT2D eigenvalue weighted by Crippen LogP contribution is 2.40. The lowest BCUT2D eigenvalue weighted by atomic mass is 10.1. The van der Waals surface area contributed by atoms with Gasteiger partial charge in [0.2, 0.25) is 0 Å². The van der Waals surface area contributed by atoms with Gasteiger partial charge in [-0.25, -0.2) is 30.2 Å². The molecule has 0 bridgehead atoms. The summed E-state index contributed by atoms with van der Waals surface area (Å²) in [6.45, 7) is 0. The third kappa shape index (κ3) is 8.33. The van der Waals surface area contributed by atoms with E-state index in [1.807, 2.05) is 33.7 Å². The average molecular weight is 859 g/mol. The number of benzene rings is 2. The maximum atomic E-state index is 11.2. The highest BCUT2D eigenvalue weighted by Gasteiger charge is 2.39. The minimum absolute atomic E-state index is 0.154. The average Bonchev–Trinajstić information content (AvgIpc) is 4.07. The summed E-state index contributed by atoms with van der Waals surface area (Å²) in [6, 6.07) is 20.8. The van der Waals surface area contributed by atoms with Crippen molar-refractivity contribution in [3.05, 3.63) is 108 Å². The summed E-state index contributed by atoms with van der Waals surface area (Å²) in [4.78, 5) is 17.8. The molecule has 0 amide bonds. The second kappa shape index (κ2) is 16.1. The Labute approximate surface area is 346 Å². The Balaban J connectivity index is 0.000000154. The molecule has 2 fully saturated rings. The molecule has 4 heterocycles. The van der Waals surface area contributed by atoms with Crippen molar-refractivity contribution in [1.82, 2.24) is 29.1 Å². The van der Waals surface area contributed by atoms with E-state index >= 15 is 0 Å². The maximum Gasteiger partial charge on any atom is 0.333 e. The van der Waals surface area contributed by atoms with Crippen LogP contribution in [0.5, 0.6) is 0 Å². The van der Waals surface area contributed by atoms with Gasteiger partial charge in [0.25, 0.3) is 0 Å². The fraction of sp³-hybridized carbons (Fsp3) is 0.400. The van der Waals surface area contributed by atoms with Gasteiger partial charge in [-0.15, -0.1) is 0 Å². The van der Waals surface area contributed by atoms with Crippen LogP contribution in [-0.2, 0) is 41.8 Å². The van der Waals surface area contributed by atoms with E-state index in [1.54, 1.807) is 0 Å². The van der Waals surface area contributed by atoms with Crippen LogP contribution in [0, 0.1) is 0 Å². The fourth-order valence-corrected chi connectivity index (χ4v) is 10.5. The molecule has 0 radical (unpaired) electrons. The largest absolute Gasteiger partial charge is 0.390 e. The number of hydrogen-bond donors (Lipinski definition) is 6. The molecular weight excluding hydrogens is 813 g/mol. The van der Waals surface area contributed by atoms with Crippen LogP contribution in [0.4, 0.5) is 11.6 Å². The molecular formula is C40H46N10O8S2. The molecule has 2 aromatic carbocycles. The van der Waals surface area contributed by atoms with Gasteiger partial charge in [-0.05, 0) is 85.8 Å². The van der Waals surface area contributed by atoms with Crippen LogP contribution in [0.2, 0.25) is 0 Å². The summed E-state index contributed by atoms with van der Waals surface area (Å²) in [5.41, 5.74) is 6.77. The quantitative estimate of drug-likeness (QED) is 0.115. The first kappa shape index (κ1) is 40.4. The van der Waals surface area contributed by atoms with Gasteiger partial charge in [0.05, 0.1) is 35.1 Å². The van der Waals surface area contributed by atoms with Gasteiger partial charge >= 0.3 is 20.6 Å². The Morgan fingerprint density at radius 2 is 1.02 bits per heavy atom. The summed E-state index contributed by atoms with van der Waals surface area (Å²) in [7, 11) is -8.25. The van der Waals surface area contributed by atoms with E-state index in [-0.39, 0.29) is 24.2 Å². The first-order chi connectivity index (χ1) is 28.8. The van der Waals surface area contributed by atoms with Gasteiger partial charge in [0.1, 0.15) is 47.8 Å². The standard InChI is InChI=1S/2C20H23N5O4S/c2*21-30(27,28)29-18-10-13(9-17(18)26)25-8-7-15-19(22-11-23-20(15)25)24-16-6-5-12-3-1-2-4-14(12)16/h2*1-4,7-8,11,13,16-18,26H,5-6,9-10H2,(H2,21,27,28)(H,22,23,24)/t13-,16+,17-,18+;13-,16-,17-,18+/m10/s1.